The van der Waals surface area contributed by atoms with Gasteiger partial charge in [-0.2, -0.15) is 11.8 Å². The third-order valence-electron chi connectivity index (χ3n) is 2.79. The van der Waals surface area contributed by atoms with Crippen LogP contribution in [0.15, 0.2) is 18.2 Å². The minimum atomic E-state index is -4.70. The number of thioether (sulfide) groups is 1. The van der Waals surface area contributed by atoms with Gasteiger partial charge in [-0.05, 0) is 29.7 Å². The van der Waals surface area contributed by atoms with E-state index in [-0.39, 0.29) is 11.0 Å². The molecule has 1 aromatic rings. The fourth-order valence-corrected chi connectivity index (χ4v) is 3.00. The molecule has 0 amide bonds. The Balaban J connectivity index is 2.28. The molecule has 1 aliphatic heterocycles. The summed E-state index contributed by atoms with van der Waals surface area (Å²) in [6, 6.07) is 4.16. The van der Waals surface area contributed by atoms with Crippen molar-refractivity contribution >= 4 is 11.8 Å². The topological polar surface area (TPSA) is 29.5 Å². The molecule has 2 atom stereocenters. The minimum Gasteiger partial charge on any atom is -0.406 e. The van der Waals surface area contributed by atoms with Gasteiger partial charge in [0, 0.05) is 11.0 Å². The lowest BCUT2D eigenvalue weighted by molar-refractivity contribution is -0.274. The van der Waals surface area contributed by atoms with Crippen LogP contribution in [-0.4, -0.2) is 16.7 Å². The second-order valence-corrected chi connectivity index (χ2v) is 5.71. The van der Waals surface area contributed by atoms with Crippen LogP contribution >= 0.6 is 11.8 Å². The lowest BCUT2D eigenvalue weighted by Gasteiger charge is -2.15. The molecule has 0 fully saturated rings. The highest BCUT2D eigenvalue weighted by molar-refractivity contribution is 7.99. The Hall–Kier alpha value is -0.880. The Kier molecular flexibility index (Phi) is 3.77. The molecule has 1 N–H and O–H groups in total. The van der Waals surface area contributed by atoms with Crippen molar-refractivity contribution in [3.63, 3.8) is 0 Å². The third kappa shape index (κ3) is 3.32. The molecular formula is C12H13F3O2S. The van der Waals surface area contributed by atoms with Crippen molar-refractivity contribution in [1.29, 1.82) is 0 Å². The molecular weight excluding hydrogens is 265 g/mol. The van der Waals surface area contributed by atoms with Gasteiger partial charge in [0.2, 0.25) is 0 Å². The summed E-state index contributed by atoms with van der Waals surface area (Å²) in [7, 11) is 0. The van der Waals surface area contributed by atoms with Gasteiger partial charge in [0.05, 0.1) is 6.10 Å². The first-order valence-electron chi connectivity index (χ1n) is 5.53. The number of halogens is 3. The van der Waals surface area contributed by atoms with Crippen LogP contribution < -0.4 is 4.74 Å². The van der Waals surface area contributed by atoms with E-state index in [1.807, 2.05) is 6.92 Å². The maximum atomic E-state index is 12.1. The second kappa shape index (κ2) is 5.01. The number of hydrogen-bond acceptors (Lipinski definition) is 3. The smallest absolute Gasteiger partial charge is 0.406 e. The van der Waals surface area contributed by atoms with E-state index < -0.39 is 12.5 Å². The molecule has 0 bridgehead atoms. The molecule has 18 heavy (non-hydrogen) atoms. The van der Waals surface area contributed by atoms with Crippen molar-refractivity contribution in [3.05, 3.63) is 29.3 Å². The van der Waals surface area contributed by atoms with E-state index in [0.717, 1.165) is 5.56 Å². The Morgan fingerprint density at radius 2 is 2.11 bits per heavy atom. The predicted molar refractivity (Wildman–Crippen MR) is 63.5 cm³/mol. The Morgan fingerprint density at radius 1 is 1.39 bits per heavy atom. The first-order valence-corrected chi connectivity index (χ1v) is 6.58. The molecule has 0 aliphatic carbocycles. The summed E-state index contributed by atoms with van der Waals surface area (Å²) < 4.78 is 40.2. The molecule has 1 aromatic carbocycles. The van der Waals surface area contributed by atoms with Crippen molar-refractivity contribution in [2.24, 2.45) is 0 Å². The maximum absolute atomic E-state index is 12.1. The number of ether oxygens (including phenoxy) is 1. The van der Waals surface area contributed by atoms with Gasteiger partial charge in [-0.3, -0.25) is 0 Å². The number of hydrogen-bond donors (Lipinski definition) is 1. The SMILES string of the molecule is CC1C[C@@H](O)c2cc(OC(F)(F)F)ccc2CS1. The summed E-state index contributed by atoms with van der Waals surface area (Å²) in [6.45, 7) is 1.99. The van der Waals surface area contributed by atoms with Gasteiger partial charge in [-0.1, -0.05) is 13.0 Å². The lowest BCUT2D eigenvalue weighted by Crippen LogP contribution is -2.17. The Morgan fingerprint density at radius 3 is 2.78 bits per heavy atom. The molecule has 0 spiro atoms. The van der Waals surface area contributed by atoms with Gasteiger partial charge in [0.25, 0.3) is 0 Å². The first-order chi connectivity index (χ1) is 8.35. The van der Waals surface area contributed by atoms with Crippen molar-refractivity contribution < 1.29 is 23.0 Å². The second-order valence-electron chi connectivity index (χ2n) is 4.28. The van der Waals surface area contributed by atoms with Crippen molar-refractivity contribution in [3.8, 4) is 5.75 Å². The zero-order chi connectivity index (χ0) is 13.3. The Labute approximate surface area is 107 Å². The van der Waals surface area contributed by atoms with Crippen LogP contribution in [0.3, 0.4) is 0 Å². The van der Waals surface area contributed by atoms with E-state index in [1.54, 1.807) is 17.8 Å². The number of fused-ring (bicyclic) bond motifs is 1. The fourth-order valence-electron chi connectivity index (χ4n) is 1.95. The molecule has 1 unspecified atom stereocenters. The third-order valence-corrected chi connectivity index (χ3v) is 4.03. The van der Waals surface area contributed by atoms with Crippen LogP contribution in [0, 0.1) is 0 Å². The summed E-state index contributed by atoms with van der Waals surface area (Å²) in [5, 5.41) is 10.3. The van der Waals surface area contributed by atoms with E-state index >= 15 is 0 Å². The zero-order valence-electron chi connectivity index (χ0n) is 9.70. The predicted octanol–water partition coefficient (Wildman–Crippen LogP) is 3.64. The first kappa shape index (κ1) is 13.5. The van der Waals surface area contributed by atoms with E-state index in [0.29, 0.717) is 17.7 Å². The summed E-state index contributed by atoms with van der Waals surface area (Å²) >= 11 is 1.68. The average Bonchev–Trinajstić information content (AvgIpc) is 2.37. The van der Waals surface area contributed by atoms with Crippen LogP contribution in [0.1, 0.15) is 30.6 Å². The van der Waals surface area contributed by atoms with Gasteiger partial charge in [-0.25, -0.2) is 0 Å². The number of aliphatic hydroxyl groups excluding tert-OH is 1. The van der Waals surface area contributed by atoms with Gasteiger partial charge >= 0.3 is 6.36 Å². The standard InChI is InChI=1S/C12H13F3O2S/c1-7-4-11(16)10-5-9(17-12(13,14)15)3-2-8(10)6-18-7/h2-3,5,7,11,16H,4,6H2,1H3/t7?,11-/m1/s1. The van der Waals surface area contributed by atoms with Crippen LogP contribution in [-0.2, 0) is 5.75 Å². The quantitative estimate of drug-likeness (QED) is 0.850. The maximum Gasteiger partial charge on any atom is 0.573 e. The van der Waals surface area contributed by atoms with E-state index in [4.69, 9.17) is 0 Å². The normalized spacial score (nSPS) is 24.3. The van der Waals surface area contributed by atoms with Gasteiger partial charge in [0.1, 0.15) is 5.75 Å². The summed E-state index contributed by atoms with van der Waals surface area (Å²) in [5.41, 5.74) is 1.40. The summed E-state index contributed by atoms with van der Waals surface area (Å²) in [6.07, 6.45) is -4.90. The molecule has 6 heteroatoms. The molecule has 2 rings (SSSR count). The largest absolute Gasteiger partial charge is 0.573 e. The van der Waals surface area contributed by atoms with Gasteiger partial charge in [-0.15, -0.1) is 13.2 Å². The van der Waals surface area contributed by atoms with Crippen LogP contribution in [0.4, 0.5) is 13.2 Å². The minimum absolute atomic E-state index is 0.277. The van der Waals surface area contributed by atoms with E-state index in [1.165, 1.54) is 12.1 Å². The molecule has 0 saturated carbocycles. The van der Waals surface area contributed by atoms with Crippen molar-refractivity contribution in [1.82, 2.24) is 0 Å². The highest BCUT2D eigenvalue weighted by Gasteiger charge is 2.32. The number of alkyl halides is 3. The molecule has 0 saturated heterocycles. The van der Waals surface area contributed by atoms with E-state index in [2.05, 4.69) is 4.74 Å². The van der Waals surface area contributed by atoms with Gasteiger partial charge < -0.3 is 9.84 Å². The molecule has 1 aliphatic rings. The highest BCUT2D eigenvalue weighted by Crippen LogP contribution is 2.37. The van der Waals surface area contributed by atoms with Crippen LogP contribution in [0.2, 0.25) is 0 Å². The zero-order valence-corrected chi connectivity index (χ0v) is 10.5. The monoisotopic (exact) mass is 278 g/mol. The average molecular weight is 278 g/mol. The number of aliphatic hydroxyl groups is 1. The number of benzene rings is 1. The fraction of sp³-hybridized carbons (Fsp3) is 0.500. The molecule has 1 heterocycles. The van der Waals surface area contributed by atoms with Crippen molar-refractivity contribution in [2.45, 2.75) is 36.8 Å². The van der Waals surface area contributed by atoms with Gasteiger partial charge in [0.15, 0.2) is 0 Å². The molecule has 100 valence electrons. The number of rotatable bonds is 1. The van der Waals surface area contributed by atoms with Crippen LogP contribution in [0.5, 0.6) is 5.75 Å². The summed E-state index contributed by atoms with van der Waals surface area (Å²) in [4.78, 5) is 0. The molecule has 0 radical (unpaired) electrons. The molecule has 0 aromatic heterocycles. The highest BCUT2D eigenvalue weighted by atomic mass is 32.2. The van der Waals surface area contributed by atoms with E-state index in [9.17, 15) is 18.3 Å². The van der Waals surface area contributed by atoms with Crippen LogP contribution in [0.25, 0.3) is 0 Å². The Bertz CT molecular complexity index is 434. The summed E-state index contributed by atoms with van der Waals surface area (Å²) in [5.74, 6) is 0.416. The lowest BCUT2D eigenvalue weighted by atomic mass is 10.00. The van der Waals surface area contributed by atoms with Crippen molar-refractivity contribution in [2.75, 3.05) is 0 Å². The molecule has 2 nitrogen and oxygen atoms in total.